The summed E-state index contributed by atoms with van der Waals surface area (Å²) in [6, 6.07) is 24.8. The van der Waals surface area contributed by atoms with Gasteiger partial charge in [-0.25, -0.2) is 0 Å². The first-order valence-electron chi connectivity index (χ1n) is 13.4. The lowest BCUT2D eigenvalue weighted by Crippen LogP contribution is -2.30. The number of rotatable bonds is 10. The maximum Gasteiger partial charge on any atom is 0.416 e. The molecule has 4 rings (SSSR count). The van der Waals surface area contributed by atoms with Gasteiger partial charge in [-0.1, -0.05) is 48.0 Å². The molecule has 0 aliphatic carbocycles. The van der Waals surface area contributed by atoms with E-state index in [4.69, 9.17) is 16.3 Å². The third-order valence-corrected chi connectivity index (χ3v) is 7.75. The number of hydrogen-bond donors (Lipinski definition) is 3. The SMILES string of the molecule is COc1ccccc1/C=C(\NC(=O)c1ccccc1)C(=O)Nc1ccc(SC(C)C(=O)Nc2cc(C(F)(F)F)ccc2Cl)cc1. The number of nitrogens with one attached hydrogen (secondary N) is 3. The molecule has 4 aromatic carbocycles. The number of amides is 3. The van der Waals surface area contributed by atoms with Gasteiger partial charge in [-0.05, 0) is 73.7 Å². The number of anilines is 2. The lowest BCUT2D eigenvalue weighted by atomic mass is 10.1. The van der Waals surface area contributed by atoms with Gasteiger partial charge in [0.15, 0.2) is 0 Å². The number of halogens is 4. The van der Waals surface area contributed by atoms with E-state index in [-0.39, 0.29) is 16.4 Å². The van der Waals surface area contributed by atoms with Crippen molar-refractivity contribution in [1.82, 2.24) is 5.32 Å². The number of benzene rings is 4. The molecule has 0 saturated carbocycles. The fourth-order valence-electron chi connectivity index (χ4n) is 3.99. The van der Waals surface area contributed by atoms with E-state index in [1.165, 1.54) is 13.2 Å². The van der Waals surface area contributed by atoms with E-state index in [2.05, 4.69) is 16.0 Å². The van der Waals surface area contributed by atoms with Gasteiger partial charge < -0.3 is 20.7 Å². The van der Waals surface area contributed by atoms with Crippen molar-refractivity contribution in [1.29, 1.82) is 0 Å². The molecule has 0 aliphatic heterocycles. The van der Waals surface area contributed by atoms with E-state index in [0.29, 0.717) is 27.5 Å². The zero-order valence-corrected chi connectivity index (χ0v) is 25.5. The Balaban J connectivity index is 1.45. The van der Waals surface area contributed by atoms with Gasteiger partial charge in [-0.15, -0.1) is 11.8 Å². The molecule has 0 fully saturated rings. The van der Waals surface area contributed by atoms with Gasteiger partial charge in [-0.2, -0.15) is 13.2 Å². The van der Waals surface area contributed by atoms with Crippen LogP contribution in [0, 0.1) is 0 Å². The summed E-state index contributed by atoms with van der Waals surface area (Å²) < 4.78 is 44.6. The Morgan fingerprint density at radius 1 is 0.889 bits per heavy atom. The molecule has 0 heterocycles. The maximum atomic E-state index is 13.3. The molecule has 0 spiro atoms. The molecule has 0 bridgehead atoms. The second-order valence-electron chi connectivity index (χ2n) is 9.54. The molecule has 0 radical (unpaired) electrons. The van der Waals surface area contributed by atoms with Crippen LogP contribution in [0.2, 0.25) is 5.02 Å². The van der Waals surface area contributed by atoms with Gasteiger partial charge in [0.2, 0.25) is 5.91 Å². The number of carbonyl (C=O) groups is 3. The summed E-state index contributed by atoms with van der Waals surface area (Å²) >= 11 is 7.16. The summed E-state index contributed by atoms with van der Waals surface area (Å²) in [5.41, 5.74) is 0.261. The van der Waals surface area contributed by atoms with Gasteiger partial charge in [0.1, 0.15) is 11.4 Å². The first-order chi connectivity index (χ1) is 21.4. The van der Waals surface area contributed by atoms with Crippen molar-refractivity contribution in [3.8, 4) is 5.75 Å². The molecule has 0 saturated heterocycles. The summed E-state index contributed by atoms with van der Waals surface area (Å²) in [5, 5.41) is 7.17. The van der Waals surface area contributed by atoms with E-state index in [1.54, 1.807) is 85.8 Å². The maximum absolute atomic E-state index is 13.3. The van der Waals surface area contributed by atoms with Crippen molar-refractivity contribution < 1.29 is 32.3 Å². The van der Waals surface area contributed by atoms with Crippen molar-refractivity contribution >= 4 is 58.5 Å². The van der Waals surface area contributed by atoms with Crippen LogP contribution in [0.5, 0.6) is 5.75 Å². The summed E-state index contributed by atoms with van der Waals surface area (Å²) in [7, 11) is 1.50. The monoisotopic (exact) mass is 653 g/mol. The Bertz CT molecular complexity index is 1710. The third kappa shape index (κ3) is 9.13. The molecule has 1 unspecified atom stereocenters. The number of carbonyl (C=O) groups excluding carboxylic acids is 3. The number of alkyl halides is 3. The summed E-state index contributed by atoms with van der Waals surface area (Å²) in [5.74, 6) is -1.10. The predicted octanol–water partition coefficient (Wildman–Crippen LogP) is 7.90. The Labute approximate surface area is 266 Å². The second-order valence-corrected chi connectivity index (χ2v) is 11.4. The smallest absolute Gasteiger partial charge is 0.416 e. The Morgan fingerprint density at radius 3 is 2.22 bits per heavy atom. The van der Waals surface area contributed by atoms with Crippen LogP contribution in [0.4, 0.5) is 24.5 Å². The van der Waals surface area contributed by atoms with Crippen molar-refractivity contribution in [3.63, 3.8) is 0 Å². The molecule has 0 aliphatic rings. The van der Waals surface area contributed by atoms with Gasteiger partial charge in [0, 0.05) is 21.7 Å². The van der Waals surface area contributed by atoms with Crippen LogP contribution in [0.3, 0.4) is 0 Å². The number of para-hydroxylation sites is 1. The van der Waals surface area contributed by atoms with Crippen LogP contribution >= 0.6 is 23.4 Å². The molecule has 4 aromatic rings. The highest BCUT2D eigenvalue weighted by atomic mass is 35.5. The zero-order chi connectivity index (χ0) is 32.6. The van der Waals surface area contributed by atoms with E-state index in [1.807, 2.05) is 0 Å². The first kappa shape index (κ1) is 33.2. The normalized spacial score (nSPS) is 12.2. The Morgan fingerprint density at radius 2 is 1.56 bits per heavy atom. The zero-order valence-electron chi connectivity index (χ0n) is 23.9. The molecule has 0 aromatic heterocycles. The number of methoxy groups -OCH3 is 1. The standard InChI is InChI=1S/C33H27ClF3N3O4S/c1-20(30(41)39-27-19-23(33(35,36)37)12-17-26(27)34)45-25-15-13-24(14-16-25)38-32(43)28(18-22-10-6-7-11-29(22)44-2)40-31(42)21-8-4-3-5-9-21/h3-20H,1-2H3,(H,38,43)(H,39,41)(H,40,42)/b28-18-. The van der Waals surface area contributed by atoms with Gasteiger partial charge in [0.05, 0.1) is 28.6 Å². The number of hydrogen-bond acceptors (Lipinski definition) is 5. The third-order valence-electron chi connectivity index (χ3n) is 6.31. The summed E-state index contributed by atoms with van der Waals surface area (Å²) in [6.45, 7) is 1.60. The van der Waals surface area contributed by atoms with Crippen LogP contribution in [0.15, 0.2) is 108 Å². The first-order valence-corrected chi connectivity index (χ1v) is 14.7. The Hall–Kier alpha value is -4.74. The summed E-state index contributed by atoms with van der Waals surface area (Å²) in [4.78, 5) is 39.6. The second kappa shape index (κ2) is 14.8. The molecule has 232 valence electrons. The van der Waals surface area contributed by atoms with Crippen molar-refractivity contribution in [3.05, 3.63) is 124 Å². The quantitative estimate of drug-likeness (QED) is 0.119. The highest BCUT2D eigenvalue weighted by Crippen LogP contribution is 2.34. The van der Waals surface area contributed by atoms with E-state index in [9.17, 15) is 27.6 Å². The summed E-state index contributed by atoms with van der Waals surface area (Å²) in [6.07, 6.45) is -3.07. The average molecular weight is 654 g/mol. The fraction of sp³-hybridized carbons (Fsp3) is 0.121. The van der Waals surface area contributed by atoms with Crippen molar-refractivity contribution in [2.75, 3.05) is 17.7 Å². The molecule has 3 N–H and O–H groups in total. The lowest BCUT2D eigenvalue weighted by molar-refractivity contribution is -0.137. The molecular formula is C33H27ClF3N3O4S. The van der Waals surface area contributed by atoms with Crippen LogP contribution in [0.1, 0.15) is 28.4 Å². The molecule has 3 amide bonds. The van der Waals surface area contributed by atoms with Crippen LogP contribution in [-0.4, -0.2) is 30.1 Å². The number of thioether (sulfide) groups is 1. The van der Waals surface area contributed by atoms with E-state index >= 15 is 0 Å². The van der Waals surface area contributed by atoms with Crippen LogP contribution in [0.25, 0.3) is 6.08 Å². The fourth-order valence-corrected chi connectivity index (χ4v) is 5.02. The Kier molecular flexibility index (Phi) is 10.9. The van der Waals surface area contributed by atoms with Crippen molar-refractivity contribution in [2.24, 2.45) is 0 Å². The number of ether oxygens (including phenoxy) is 1. The topological polar surface area (TPSA) is 96.5 Å². The minimum atomic E-state index is -4.58. The highest BCUT2D eigenvalue weighted by molar-refractivity contribution is 8.00. The van der Waals surface area contributed by atoms with E-state index < -0.39 is 34.7 Å². The van der Waals surface area contributed by atoms with Crippen molar-refractivity contribution in [2.45, 2.75) is 23.2 Å². The highest BCUT2D eigenvalue weighted by Gasteiger charge is 2.31. The lowest BCUT2D eigenvalue weighted by Gasteiger charge is -2.15. The average Bonchev–Trinajstić information content (AvgIpc) is 3.02. The minimum absolute atomic E-state index is 0.0206. The van der Waals surface area contributed by atoms with Gasteiger partial charge in [-0.3, -0.25) is 14.4 Å². The van der Waals surface area contributed by atoms with Gasteiger partial charge >= 0.3 is 6.18 Å². The largest absolute Gasteiger partial charge is 0.496 e. The minimum Gasteiger partial charge on any atom is -0.496 e. The van der Waals surface area contributed by atoms with Gasteiger partial charge in [0.25, 0.3) is 11.8 Å². The predicted molar refractivity (Wildman–Crippen MR) is 170 cm³/mol. The van der Waals surface area contributed by atoms with Crippen LogP contribution < -0.4 is 20.7 Å². The molecular weight excluding hydrogens is 627 g/mol. The van der Waals surface area contributed by atoms with E-state index in [0.717, 1.165) is 30.0 Å². The van der Waals surface area contributed by atoms with Crippen LogP contribution in [-0.2, 0) is 15.8 Å². The molecule has 12 heteroatoms. The molecule has 7 nitrogen and oxygen atoms in total. The molecule has 1 atom stereocenters. The molecule has 45 heavy (non-hydrogen) atoms.